The molecule has 0 saturated heterocycles. The van der Waals surface area contributed by atoms with Gasteiger partial charge < -0.3 is 9.80 Å². The predicted octanol–water partition coefficient (Wildman–Crippen LogP) is 7.26. The van der Waals surface area contributed by atoms with Gasteiger partial charge >= 0.3 is 0 Å². The van der Waals surface area contributed by atoms with Gasteiger partial charge in [0.1, 0.15) is 6.17 Å². The van der Waals surface area contributed by atoms with Crippen LogP contribution in [-0.4, -0.2) is 15.7 Å². The van der Waals surface area contributed by atoms with E-state index in [0.29, 0.717) is 27.8 Å². The number of nitro benzene ring substituents is 1. The van der Waals surface area contributed by atoms with Gasteiger partial charge in [-0.3, -0.25) is 14.9 Å². The van der Waals surface area contributed by atoms with Crippen LogP contribution in [0.3, 0.4) is 0 Å². The quantitative estimate of drug-likeness (QED) is 0.199. The number of hydrogen-bond donors (Lipinski definition) is 0. The highest BCUT2D eigenvalue weighted by atomic mass is 35.5. The van der Waals surface area contributed by atoms with Crippen molar-refractivity contribution in [1.29, 1.82) is 0 Å². The molecule has 1 aliphatic rings. The minimum Gasteiger partial charge on any atom is -0.342 e. The van der Waals surface area contributed by atoms with Crippen molar-refractivity contribution in [3.63, 3.8) is 0 Å². The zero-order valence-corrected chi connectivity index (χ0v) is 20.6. The van der Waals surface area contributed by atoms with E-state index in [4.69, 9.17) is 23.2 Å². The highest BCUT2D eigenvalue weighted by molar-refractivity contribution is 6.35. The number of nitrogens with zero attached hydrogens (tertiary/aromatic N) is 3. The number of rotatable bonds is 6. The molecule has 0 saturated carbocycles. The molecule has 180 valence electrons. The van der Waals surface area contributed by atoms with Crippen molar-refractivity contribution in [3.8, 4) is 0 Å². The van der Waals surface area contributed by atoms with Gasteiger partial charge in [0.25, 0.3) is 11.6 Å². The minimum atomic E-state index is -0.573. The van der Waals surface area contributed by atoms with Crippen LogP contribution in [0.15, 0.2) is 97.1 Å². The van der Waals surface area contributed by atoms with Gasteiger partial charge in [0.15, 0.2) is 0 Å². The molecule has 36 heavy (non-hydrogen) atoms. The van der Waals surface area contributed by atoms with Crippen LogP contribution < -0.4 is 4.90 Å². The molecule has 4 aromatic carbocycles. The first-order chi connectivity index (χ1) is 17.4. The molecule has 1 heterocycles. The van der Waals surface area contributed by atoms with E-state index in [9.17, 15) is 14.9 Å². The lowest BCUT2D eigenvalue weighted by atomic mass is 9.98. The Hall–Kier alpha value is -3.87. The number of amides is 1. The molecule has 0 fully saturated rings. The molecule has 1 atom stereocenters. The molecule has 0 unspecified atom stereocenters. The van der Waals surface area contributed by atoms with Crippen molar-refractivity contribution in [2.75, 3.05) is 4.90 Å². The van der Waals surface area contributed by atoms with Crippen LogP contribution in [0.1, 0.15) is 33.2 Å². The van der Waals surface area contributed by atoms with E-state index in [2.05, 4.69) is 4.90 Å². The standard InChI is InChI=1S/C28H21Cl2N3O3/c29-21-11-13-23(25(30)15-21)27-31(17-19-7-3-1-4-8-19)26-14-12-22(33(35)36)16-24(26)28(34)32(27)18-20-9-5-2-6-10-20/h1-16,27H,17-18H2/t27-/m0/s1. The number of fused-ring (bicyclic) bond motifs is 1. The maximum atomic E-state index is 14.0. The molecular weight excluding hydrogens is 497 g/mol. The average molecular weight is 518 g/mol. The lowest BCUT2D eigenvalue weighted by Crippen LogP contribution is -2.49. The van der Waals surface area contributed by atoms with Crippen LogP contribution in [0.5, 0.6) is 0 Å². The minimum absolute atomic E-state index is 0.135. The van der Waals surface area contributed by atoms with Gasteiger partial charge in [-0.15, -0.1) is 0 Å². The molecule has 8 heteroatoms. The maximum absolute atomic E-state index is 14.0. The third-order valence-corrected chi connectivity index (χ3v) is 6.78. The van der Waals surface area contributed by atoms with E-state index >= 15 is 0 Å². The van der Waals surface area contributed by atoms with Crippen molar-refractivity contribution in [2.24, 2.45) is 0 Å². The van der Waals surface area contributed by atoms with Gasteiger partial charge in [0.2, 0.25) is 0 Å². The lowest BCUT2D eigenvalue weighted by molar-refractivity contribution is -0.384. The van der Waals surface area contributed by atoms with Gasteiger partial charge in [-0.1, -0.05) is 89.9 Å². The summed E-state index contributed by atoms with van der Waals surface area (Å²) in [5, 5.41) is 12.5. The number of anilines is 1. The average Bonchev–Trinajstić information content (AvgIpc) is 2.88. The predicted molar refractivity (Wildman–Crippen MR) is 141 cm³/mol. The number of hydrogen-bond acceptors (Lipinski definition) is 4. The Bertz CT molecular complexity index is 1430. The number of non-ortho nitro benzene ring substituents is 1. The van der Waals surface area contributed by atoms with Gasteiger partial charge in [-0.05, 0) is 29.3 Å². The molecule has 6 nitrogen and oxygen atoms in total. The molecule has 5 rings (SSSR count). The zero-order chi connectivity index (χ0) is 25.2. The summed E-state index contributed by atoms with van der Waals surface area (Å²) in [5.41, 5.74) is 3.40. The fraction of sp³-hybridized carbons (Fsp3) is 0.107. The Kier molecular flexibility index (Phi) is 6.63. The molecular formula is C28H21Cl2N3O3. The van der Waals surface area contributed by atoms with Crippen LogP contribution in [0, 0.1) is 10.1 Å². The van der Waals surface area contributed by atoms with Gasteiger partial charge in [0.05, 0.1) is 16.2 Å². The van der Waals surface area contributed by atoms with Crippen molar-refractivity contribution in [1.82, 2.24) is 4.90 Å². The second-order valence-electron chi connectivity index (χ2n) is 8.53. The Morgan fingerprint density at radius 1 is 0.778 bits per heavy atom. The topological polar surface area (TPSA) is 66.7 Å². The number of halogens is 2. The van der Waals surface area contributed by atoms with E-state index in [1.165, 1.54) is 12.1 Å². The summed E-state index contributed by atoms with van der Waals surface area (Å²) in [6.07, 6.45) is -0.573. The van der Waals surface area contributed by atoms with Crippen LogP contribution in [-0.2, 0) is 13.1 Å². The first kappa shape index (κ1) is 23.9. The number of benzene rings is 4. The van der Waals surface area contributed by atoms with Crippen molar-refractivity contribution < 1.29 is 9.72 Å². The van der Waals surface area contributed by atoms with Crippen LogP contribution >= 0.6 is 23.2 Å². The number of carbonyl (C=O) groups is 1. The molecule has 0 aromatic heterocycles. The van der Waals surface area contributed by atoms with Crippen molar-refractivity contribution in [3.05, 3.63) is 139 Å². The molecule has 0 aliphatic carbocycles. The first-order valence-corrected chi connectivity index (χ1v) is 12.1. The fourth-order valence-corrected chi connectivity index (χ4v) is 5.07. The van der Waals surface area contributed by atoms with Gasteiger partial charge in [-0.25, -0.2) is 0 Å². The molecule has 0 radical (unpaired) electrons. The summed E-state index contributed by atoms with van der Waals surface area (Å²) in [6, 6.07) is 29.1. The zero-order valence-electron chi connectivity index (χ0n) is 19.1. The summed E-state index contributed by atoms with van der Waals surface area (Å²) >= 11 is 12.9. The summed E-state index contributed by atoms with van der Waals surface area (Å²) in [4.78, 5) is 28.8. The number of carbonyl (C=O) groups excluding carboxylic acids is 1. The van der Waals surface area contributed by atoms with E-state index in [-0.39, 0.29) is 23.7 Å². The van der Waals surface area contributed by atoms with E-state index in [1.54, 1.807) is 23.1 Å². The lowest BCUT2D eigenvalue weighted by Gasteiger charge is -2.46. The molecule has 1 aliphatic heterocycles. The van der Waals surface area contributed by atoms with E-state index in [1.807, 2.05) is 66.7 Å². The van der Waals surface area contributed by atoms with Crippen molar-refractivity contribution in [2.45, 2.75) is 19.3 Å². The smallest absolute Gasteiger partial charge is 0.270 e. The number of nitro groups is 1. The second-order valence-corrected chi connectivity index (χ2v) is 9.37. The molecule has 0 N–H and O–H groups in total. The van der Waals surface area contributed by atoms with Gasteiger partial charge in [0, 0.05) is 40.8 Å². The highest BCUT2D eigenvalue weighted by Crippen LogP contribution is 2.44. The monoisotopic (exact) mass is 517 g/mol. The summed E-state index contributed by atoms with van der Waals surface area (Å²) in [5.74, 6) is -0.308. The molecule has 0 spiro atoms. The van der Waals surface area contributed by atoms with Crippen LogP contribution in [0.2, 0.25) is 10.0 Å². The fourth-order valence-electron chi connectivity index (χ4n) is 4.56. The van der Waals surface area contributed by atoms with Crippen molar-refractivity contribution >= 4 is 40.5 Å². The normalized spacial score (nSPS) is 15.1. The summed E-state index contributed by atoms with van der Waals surface area (Å²) in [7, 11) is 0. The largest absolute Gasteiger partial charge is 0.342 e. The first-order valence-electron chi connectivity index (χ1n) is 11.3. The van der Waals surface area contributed by atoms with Gasteiger partial charge in [-0.2, -0.15) is 0 Å². The second kappa shape index (κ2) is 10.0. The third kappa shape index (κ3) is 4.65. The molecule has 0 bridgehead atoms. The Morgan fingerprint density at radius 3 is 1.97 bits per heavy atom. The van der Waals surface area contributed by atoms with E-state index < -0.39 is 11.1 Å². The SMILES string of the molecule is O=C1c2cc([N+](=O)[O-])ccc2N(Cc2ccccc2)[C@H](c2ccc(Cl)cc2Cl)N1Cc1ccccc1. The molecule has 4 aromatic rings. The van der Waals surface area contributed by atoms with E-state index in [0.717, 1.165) is 11.1 Å². The molecule has 1 amide bonds. The summed E-state index contributed by atoms with van der Waals surface area (Å²) < 4.78 is 0. The maximum Gasteiger partial charge on any atom is 0.270 e. The third-order valence-electron chi connectivity index (χ3n) is 6.21. The van der Waals surface area contributed by atoms with Crippen LogP contribution in [0.25, 0.3) is 0 Å². The highest BCUT2D eigenvalue weighted by Gasteiger charge is 2.40. The Morgan fingerprint density at radius 2 is 1.39 bits per heavy atom. The Labute approximate surface area is 218 Å². The summed E-state index contributed by atoms with van der Waals surface area (Å²) in [6.45, 7) is 0.741. The Balaban J connectivity index is 1.72. The van der Waals surface area contributed by atoms with Crippen LogP contribution in [0.4, 0.5) is 11.4 Å².